The van der Waals surface area contributed by atoms with Gasteiger partial charge in [-0.3, -0.25) is 0 Å². The van der Waals surface area contributed by atoms with Crippen LogP contribution in [0.2, 0.25) is 0 Å². The van der Waals surface area contributed by atoms with Gasteiger partial charge in [0.2, 0.25) is 0 Å². The van der Waals surface area contributed by atoms with E-state index < -0.39 is 6.04 Å². The van der Waals surface area contributed by atoms with E-state index in [0.717, 1.165) is 76.9 Å². The van der Waals surface area contributed by atoms with E-state index in [1.807, 2.05) is 78.9 Å². The molecule has 210 valence electrons. The molecule has 1 heteroatoms. The van der Waals surface area contributed by atoms with Crippen molar-refractivity contribution in [1.82, 2.24) is 0 Å². The van der Waals surface area contributed by atoms with Gasteiger partial charge in [0.05, 0.1) is 6.85 Å². The molecule has 45 heavy (non-hydrogen) atoms. The summed E-state index contributed by atoms with van der Waals surface area (Å²) >= 11 is 0. The number of hydrogen-bond donors (Lipinski definition) is 0. The Morgan fingerprint density at radius 3 is 1.78 bits per heavy atom. The summed E-state index contributed by atoms with van der Waals surface area (Å²) in [6.07, 6.45) is 0. The second-order valence-corrected chi connectivity index (χ2v) is 11.2. The highest BCUT2D eigenvalue weighted by Gasteiger charge is 2.22. The topological polar surface area (TPSA) is 13.1 Å². The minimum Gasteiger partial charge on any atom is -0.456 e. The highest BCUT2D eigenvalue weighted by atomic mass is 16.3. The third kappa shape index (κ3) is 4.09. The Morgan fingerprint density at radius 1 is 0.378 bits per heavy atom. The van der Waals surface area contributed by atoms with Crippen molar-refractivity contribution < 1.29 is 11.3 Å². The van der Waals surface area contributed by atoms with E-state index in [-0.39, 0.29) is 29.7 Å². The fourth-order valence-corrected chi connectivity index (χ4v) is 6.86. The summed E-state index contributed by atoms with van der Waals surface area (Å²) in [6, 6.07) is 45.6. The van der Waals surface area contributed by atoms with Gasteiger partial charge in [-0.1, -0.05) is 152 Å². The molecule has 9 rings (SSSR count). The Balaban J connectivity index is 1.46. The van der Waals surface area contributed by atoms with E-state index in [1.54, 1.807) is 0 Å². The summed E-state index contributed by atoms with van der Waals surface area (Å²) < 4.78 is 49.3. The first kappa shape index (κ1) is 20.9. The molecule has 0 saturated carbocycles. The predicted molar refractivity (Wildman–Crippen MR) is 190 cm³/mol. The van der Waals surface area contributed by atoms with Gasteiger partial charge in [-0.25, -0.2) is 0 Å². The second kappa shape index (κ2) is 10.4. The third-order valence-electron chi connectivity index (χ3n) is 8.77. The third-order valence-corrected chi connectivity index (χ3v) is 8.77. The molecule has 0 radical (unpaired) electrons. The van der Waals surface area contributed by atoms with Crippen LogP contribution in [0.5, 0.6) is 0 Å². The van der Waals surface area contributed by atoms with Crippen LogP contribution in [-0.2, 0) is 0 Å². The van der Waals surface area contributed by atoms with Crippen LogP contribution in [0.3, 0.4) is 0 Å². The van der Waals surface area contributed by atoms with E-state index in [2.05, 4.69) is 60.7 Å². The lowest BCUT2D eigenvalue weighted by Crippen LogP contribution is -1.93. The maximum absolute atomic E-state index is 8.90. The minimum atomic E-state index is -0.407. The SMILES string of the molecule is [2H]c1c([2H])c([2H])c(-c2ccccc2-c2c3ccccc3c(-c3cccc4oc5ccccc5c34)c3ccc(-c4ccccc4)cc23)c([2H])c1[2H]. The molecule has 0 spiro atoms. The van der Waals surface area contributed by atoms with Crippen LogP contribution in [0.1, 0.15) is 6.85 Å². The van der Waals surface area contributed by atoms with Gasteiger partial charge >= 0.3 is 0 Å². The lowest BCUT2D eigenvalue weighted by Gasteiger charge is -2.21. The molecule has 0 bridgehead atoms. The molecule has 9 aromatic rings. The number of para-hydroxylation sites is 1. The lowest BCUT2D eigenvalue weighted by molar-refractivity contribution is 0.669. The van der Waals surface area contributed by atoms with Crippen molar-refractivity contribution in [2.75, 3.05) is 0 Å². The highest BCUT2D eigenvalue weighted by molar-refractivity contribution is 6.26. The zero-order valence-corrected chi connectivity index (χ0v) is 24.2. The summed E-state index contributed by atoms with van der Waals surface area (Å²) in [5.74, 6) is 0. The average Bonchev–Trinajstić information content (AvgIpc) is 3.55. The predicted octanol–water partition coefficient (Wildman–Crippen LogP) is 12.6. The molecule has 0 atom stereocenters. The van der Waals surface area contributed by atoms with Crippen molar-refractivity contribution in [3.05, 3.63) is 170 Å². The molecule has 0 fully saturated rings. The molecular formula is C44H28O. The largest absolute Gasteiger partial charge is 0.456 e. The average molecular weight is 578 g/mol. The van der Waals surface area contributed by atoms with Crippen LogP contribution in [0.15, 0.2) is 174 Å². The van der Waals surface area contributed by atoms with Crippen LogP contribution >= 0.6 is 0 Å². The first-order chi connectivity index (χ1) is 24.4. The lowest BCUT2D eigenvalue weighted by atomic mass is 9.82. The van der Waals surface area contributed by atoms with Crippen molar-refractivity contribution >= 4 is 43.5 Å². The normalized spacial score (nSPS) is 13.1. The Bertz CT molecular complexity index is 2790. The van der Waals surface area contributed by atoms with Gasteiger partial charge in [0, 0.05) is 10.8 Å². The Morgan fingerprint density at radius 2 is 0.978 bits per heavy atom. The van der Waals surface area contributed by atoms with Gasteiger partial charge in [-0.2, -0.15) is 0 Å². The molecular weight excluding hydrogens is 544 g/mol. The first-order valence-electron chi connectivity index (χ1n) is 17.5. The molecule has 0 aliphatic rings. The standard InChI is InChI=1S/C44H28O/c1-3-14-29(15-4-1)31-26-27-36-39(28-31)43(33-19-8-7-18-32(33)30-16-5-2-6-17-30)35-21-10-9-20-34(35)42(36)38-23-13-25-41-44(38)37-22-11-12-24-40(37)45-41/h1-28H/i2D,5D,6D,16D,17D. The van der Waals surface area contributed by atoms with E-state index in [0.29, 0.717) is 5.56 Å². The number of rotatable bonds is 4. The molecule has 0 saturated heterocycles. The minimum absolute atomic E-state index is 0.182. The van der Waals surface area contributed by atoms with Gasteiger partial charge < -0.3 is 4.42 Å². The van der Waals surface area contributed by atoms with Crippen LogP contribution in [0, 0.1) is 0 Å². The fraction of sp³-hybridized carbons (Fsp3) is 0. The van der Waals surface area contributed by atoms with Crippen molar-refractivity contribution in [2.24, 2.45) is 0 Å². The number of furan rings is 1. The maximum atomic E-state index is 8.90. The smallest absolute Gasteiger partial charge is 0.136 e. The van der Waals surface area contributed by atoms with E-state index in [4.69, 9.17) is 11.3 Å². The molecule has 0 aliphatic heterocycles. The number of hydrogen-bond acceptors (Lipinski definition) is 1. The van der Waals surface area contributed by atoms with Crippen molar-refractivity contribution in [3.8, 4) is 44.5 Å². The molecule has 0 N–H and O–H groups in total. The zero-order chi connectivity index (χ0) is 34.1. The van der Waals surface area contributed by atoms with E-state index >= 15 is 0 Å². The molecule has 8 aromatic carbocycles. The quantitative estimate of drug-likeness (QED) is 0.190. The maximum Gasteiger partial charge on any atom is 0.136 e. The molecule has 0 aliphatic carbocycles. The monoisotopic (exact) mass is 577 g/mol. The molecule has 1 aromatic heterocycles. The number of benzene rings is 8. The van der Waals surface area contributed by atoms with Gasteiger partial charge in [0.1, 0.15) is 11.2 Å². The van der Waals surface area contributed by atoms with Gasteiger partial charge in [-0.05, 0) is 84.3 Å². The van der Waals surface area contributed by atoms with Crippen LogP contribution in [0.4, 0.5) is 0 Å². The Hall–Kier alpha value is -5.92. The fourth-order valence-electron chi connectivity index (χ4n) is 6.86. The molecule has 0 unspecified atom stereocenters. The Kier molecular flexibility index (Phi) is 4.81. The van der Waals surface area contributed by atoms with Gasteiger partial charge in [0.15, 0.2) is 0 Å². The van der Waals surface area contributed by atoms with Gasteiger partial charge in [-0.15, -0.1) is 0 Å². The number of fused-ring (bicyclic) bond motifs is 5. The van der Waals surface area contributed by atoms with Crippen molar-refractivity contribution in [1.29, 1.82) is 0 Å². The summed E-state index contributed by atoms with van der Waals surface area (Å²) in [5.41, 5.74) is 8.41. The molecule has 1 nitrogen and oxygen atoms in total. The molecule has 1 heterocycles. The summed E-state index contributed by atoms with van der Waals surface area (Å²) in [4.78, 5) is 0. The van der Waals surface area contributed by atoms with Crippen LogP contribution < -0.4 is 0 Å². The van der Waals surface area contributed by atoms with Crippen molar-refractivity contribution in [3.63, 3.8) is 0 Å². The summed E-state index contributed by atoms with van der Waals surface area (Å²) in [5, 5.41) is 6.15. The summed E-state index contributed by atoms with van der Waals surface area (Å²) in [6.45, 7) is 0. The second-order valence-electron chi connectivity index (χ2n) is 11.2. The zero-order valence-electron chi connectivity index (χ0n) is 29.2. The van der Waals surface area contributed by atoms with E-state index in [9.17, 15) is 0 Å². The molecule has 0 amide bonds. The van der Waals surface area contributed by atoms with Crippen LogP contribution in [-0.4, -0.2) is 0 Å². The Labute approximate surface area is 268 Å². The van der Waals surface area contributed by atoms with E-state index in [1.165, 1.54) is 0 Å². The van der Waals surface area contributed by atoms with Crippen LogP contribution in [0.25, 0.3) is 88.0 Å². The highest BCUT2D eigenvalue weighted by Crippen LogP contribution is 2.49. The first-order valence-corrected chi connectivity index (χ1v) is 15.0. The summed E-state index contributed by atoms with van der Waals surface area (Å²) in [7, 11) is 0. The van der Waals surface area contributed by atoms with Crippen molar-refractivity contribution in [2.45, 2.75) is 0 Å². The van der Waals surface area contributed by atoms with Gasteiger partial charge in [0.25, 0.3) is 0 Å².